The van der Waals surface area contributed by atoms with E-state index in [0.29, 0.717) is 22.6 Å². The molecule has 0 spiro atoms. The van der Waals surface area contributed by atoms with Crippen LogP contribution >= 0.6 is 22.9 Å². The molecule has 3 aromatic rings. The molecule has 0 saturated carbocycles. The third kappa shape index (κ3) is 3.43. The quantitative estimate of drug-likeness (QED) is 0.659. The van der Waals surface area contributed by atoms with E-state index in [1.807, 2.05) is 30.3 Å². The van der Waals surface area contributed by atoms with Crippen molar-refractivity contribution in [2.75, 3.05) is 19.6 Å². The molecular formula is C20H22ClN3OS. The van der Waals surface area contributed by atoms with Crippen LogP contribution in [0, 0.1) is 0 Å². The van der Waals surface area contributed by atoms with Crippen molar-refractivity contribution in [2.24, 2.45) is 0 Å². The van der Waals surface area contributed by atoms with Gasteiger partial charge in [0.1, 0.15) is 5.15 Å². The fourth-order valence-electron chi connectivity index (χ4n) is 3.68. The van der Waals surface area contributed by atoms with E-state index >= 15 is 0 Å². The molecule has 1 fully saturated rings. The van der Waals surface area contributed by atoms with Crippen molar-refractivity contribution in [3.63, 3.8) is 0 Å². The number of amides is 1. The zero-order valence-corrected chi connectivity index (χ0v) is 16.4. The molecule has 3 heterocycles. The topological polar surface area (TPSA) is 45.2 Å². The molecule has 1 saturated heterocycles. The molecule has 26 heavy (non-hydrogen) atoms. The summed E-state index contributed by atoms with van der Waals surface area (Å²) in [5.41, 5.74) is 0.859. The summed E-state index contributed by atoms with van der Waals surface area (Å²) in [6, 6.07) is 10.4. The van der Waals surface area contributed by atoms with Crippen LogP contribution in [0.5, 0.6) is 0 Å². The van der Waals surface area contributed by atoms with E-state index in [1.54, 1.807) is 0 Å². The number of aromatic nitrogens is 1. The second-order valence-corrected chi connectivity index (χ2v) is 8.32. The van der Waals surface area contributed by atoms with Gasteiger partial charge in [-0.2, -0.15) is 0 Å². The maximum absolute atomic E-state index is 12.6. The predicted octanol–water partition coefficient (Wildman–Crippen LogP) is 4.71. The van der Waals surface area contributed by atoms with Gasteiger partial charge >= 0.3 is 0 Å². The normalized spacial score (nSPS) is 18.5. The first-order valence-electron chi connectivity index (χ1n) is 9.13. The van der Waals surface area contributed by atoms with Crippen molar-refractivity contribution in [2.45, 2.75) is 32.2 Å². The number of piperidine rings is 1. The van der Waals surface area contributed by atoms with E-state index in [4.69, 9.17) is 11.6 Å². The van der Waals surface area contributed by atoms with Crippen LogP contribution in [0.15, 0.2) is 30.3 Å². The highest BCUT2D eigenvalue weighted by Gasteiger charge is 2.19. The Bertz CT molecular complexity index is 955. The van der Waals surface area contributed by atoms with Gasteiger partial charge in [-0.15, -0.1) is 11.3 Å². The number of thiophene rings is 1. The number of rotatable bonds is 4. The van der Waals surface area contributed by atoms with Crippen LogP contribution in [-0.4, -0.2) is 41.5 Å². The summed E-state index contributed by atoms with van der Waals surface area (Å²) in [5, 5.41) is 5.41. The largest absolute Gasteiger partial charge is 0.350 e. The lowest BCUT2D eigenvalue weighted by Gasteiger charge is -2.33. The first kappa shape index (κ1) is 17.7. The van der Waals surface area contributed by atoms with Gasteiger partial charge in [0.2, 0.25) is 0 Å². The molecule has 2 aromatic heterocycles. The molecule has 1 aliphatic rings. The minimum absolute atomic E-state index is 0.0315. The van der Waals surface area contributed by atoms with Crippen LogP contribution in [0.1, 0.15) is 35.9 Å². The van der Waals surface area contributed by atoms with Gasteiger partial charge in [0.15, 0.2) is 0 Å². The van der Waals surface area contributed by atoms with Gasteiger partial charge in [0, 0.05) is 34.6 Å². The summed E-state index contributed by atoms with van der Waals surface area (Å²) >= 11 is 7.82. The lowest BCUT2D eigenvalue weighted by atomic mass is 10.0. The van der Waals surface area contributed by atoms with E-state index in [-0.39, 0.29) is 5.91 Å². The molecular weight excluding hydrogens is 366 g/mol. The molecule has 1 amide bonds. The Kier molecular flexibility index (Phi) is 5.11. The molecule has 0 radical (unpaired) electrons. The molecule has 1 N–H and O–H groups in total. The number of halogens is 1. The number of para-hydroxylation sites is 1. The molecule has 1 aromatic carbocycles. The van der Waals surface area contributed by atoms with Crippen LogP contribution in [0.3, 0.4) is 0 Å². The first-order chi connectivity index (χ1) is 12.6. The third-order valence-electron chi connectivity index (χ3n) is 5.17. The number of nitrogens with one attached hydrogen (secondary N) is 1. The van der Waals surface area contributed by atoms with Crippen molar-refractivity contribution < 1.29 is 4.79 Å². The zero-order chi connectivity index (χ0) is 18.1. The maximum atomic E-state index is 12.6. The van der Waals surface area contributed by atoms with Crippen LogP contribution in [0.25, 0.3) is 21.0 Å². The average molecular weight is 388 g/mol. The van der Waals surface area contributed by atoms with Crippen molar-refractivity contribution in [3.05, 3.63) is 40.4 Å². The van der Waals surface area contributed by atoms with Crippen LogP contribution in [0.2, 0.25) is 5.15 Å². The number of hydrogen-bond donors (Lipinski definition) is 1. The summed E-state index contributed by atoms with van der Waals surface area (Å²) in [6.45, 7) is 4.98. The summed E-state index contributed by atoms with van der Waals surface area (Å²) < 4.78 is 1.02. The number of pyridine rings is 1. The van der Waals surface area contributed by atoms with Gasteiger partial charge in [-0.3, -0.25) is 9.69 Å². The van der Waals surface area contributed by atoms with Gasteiger partial charge in [-0.05, 0) is 38.4 Å². The highest BCUT2D eigenvalue weighted by atomic mass is 35.5. The van der Waals surface area contributed by atoms with Gasteiger partial charge < -0.3 is 5.32 Å². The van der Waals surface area contributed by atoms with Crippen LogP contribution in [-0.2, 0) is 0 Å². The maximum Gasteiger partial charge on any atom is 0.261 e. The van der Waals surface area contributed by atoms with E-state index in [0.717, 1.165) is 34.1 Å². The molecule has 136 valence electrons. The summed E-state index contributed by atoms with van der Waals surface area (Å²) in [5.74, 6) is -0.0315. The Morgan fingerprint density at radius 2 is 2.19 bits per heavy atom. The standard InChI is InChI=1S/C20H22ClN3OS/c1-13-6-4-5-10-24(13)11-9-22-20(25)17-12-15-18(26-17)14-7-2-3-8-16(14)23-19(15)21/h2-3,7-8,12-13H,4-6,9-11H2,1H3,(H,22,25)/t13-/m1/s1. The van der Waals surface area contributed by atoms with Crippen molar-refractivity contribution in [1.29, 1.82) is 0 Å². The molecule has 0 aliphatic carbocycles. The number of fused-ring (bicyclic) bond motifs is 3. The molecule has 0 unspecified atom stereocenters. The Morgan fingerprint density at radius 3 is 3.04 bits per heavy atom. The number of likely N-dealkylation sites (tertiary alicyclic amines) is 1. The number of carbonyl (C=O) groups excluding carboxylic acids is 1. The van der Waals surface area contributed by atoms with Crippen molar-refractivity contribution >= 4 is 49.8 Å². The summed E-state index contributed by atoms with van der Waals surface area (Å²) in [6.07, 6.45) is 3.82. The third-order valence-corrected chi connectivity index (χ3v) is 6.63. The van der Waals surface area contributed by atoms with Crippen LogP contribution < -0.4 is 5.32 Å². The highest BCUT2D eigenvalue weighted by Crippen LogP contribution is 2.35. The van der Waals surface area contributed by atoms with E-state index in [2.05, 4.69) is 22.1 Å². The van der Waals surface area contributed by atoms with E-state index in [1.165, 1.54) is 30.6 Å². The van der Waals surface area contributed by atoms with Crippen LogP contribution in [0.4, 0.5) is 0 Å². The second kappa shape index (κ2) is 7.51. The SMILES string of the molecule is C[C@@H]1CCCCN1CCNC(=O)c1cc2c(Cl)nc3ccccc3c2s1. The van der Waals surface area contributed by atoms with Gasteiger partial charge in [0.25, 0.3) is 5.91 Å². The van der Waals surface area contributed by atoms with E-state index in [9.17, 15) is 4.79 Å². The first-order valence-corrected chi connectivity index (χ1v) is 10.3. The van der Waals surface area contributed by atoms with Gasteiger partial charge in [-0.1, -0.05) is 36.2 Å². The fourth-order valence-corrected chi connectivity index (χ4v) is 5.08. The minimum Gasteiger partial charge on any atom is -0.350 e. The van der Waals surface area contributed by atoms with Crippen molar-refractivity contribution in [3.8, 4) is 0 Å². The lowest BCUT2D eigenvalue weighted by Crippen LogP contribution is -2.42. The molecule has 4 rings (SSSR count). The monoisotopic (exact) mass is 387 g/mol. The number of carbonyl (C=O) groups is 1. The fraction of sp³-hybridized carbons (Fsp3) is 0.400. The Hall–Kier alpha value is -1.69. The van der Waals surface area contributed by atoms with E-state index < -0.39 is 0 Å². The lowest BCUT2D eigenvalue weighted by molar-refractivity contribution is 0.0942. The molecule has 4 nitrogen and oxygen atoms in total. The van der Waals surface area contributed by atoms with Crippen molar-refractivity contribution in [1.82, 2.24) is 15.2 Å². The summed E-state index contributed by atoms with van der Waals surface area (Å²) in [4.78, 5) is 20.2. The predicted molar refractivity (Wildman–Crippen MR) is 109 cm³/mol. The number of nitrogens with zero attached hydrogens (tertiary/aromatic N) is 2. The Morgan fingerprint density at radius 1 is 1.35 bits per heavy atom. The highest BCUT2D eigenvalue weighted by molar-refractivity contribution is 7.21. The molecule has 1 aliphatic heterocycles. The molecule has 1 atom stereocenters. The number of benzene rings is 1. The molecule has 6 heteroatoms. The zero-order valence-electron chi connectivity index (χ0n) is 14.8. The second-order valence-electron chi connectivity index (χ2n) is 6.91. The number of hydrogen-bond acceptors (Lipinski definition) is 4. The molecule has 0 bridgehead atoms. The smallest absolute Gasteiger partial charge is 0.261 e. The van der Waals surface area contributed by atoms with Gasteiger partial charge in [0.05, 0.1) is 10.4 Å². The summed E-state index contributed by atoms with van der Waals surface area (Å²) in [7, 11) is 0. The Balaban J connectivity index is 1.50. The minimum atomic E-state index is -0.0315. The Labute approximate surface area is 162 Å². The van der Waals surface area contributed by atoms with Gasteiger partial charge in [-0.25, -0.2) is 4.98 Å². The average Bonchev–Trinajstić information content (AvgIpc) is 3.10.